The lowest BCUT2D eigenvalue weighted by Gasteiger charge is -2.29. The van der Waals surface area contributed by atoms with E-state index in [0.717, 1.165) is 12.1 Å². The van der Waals surface area contributed by atoms with Crippen LogP contribution in [-0.4, -0.2) is 44.5 Å². The van der Waals surface area contributed by atoms with Crippen molar-refractivity contribution in [1.29, 1.82) is 0 Å². The van der Waals surface area contributed by atoms with E-state index in [9.17, 15) is 4.57 Å². The number of rotatable bonds is 2. The lowest BCUT2D eigenvalue weighted by atomic mass is 10.00. The molecule has 12 heavy (non-hydrogen) atoms. The summed E-state index contributed by atoms with van der Waals surface area (Å²) in [6, 6.07) is 0. The minimum atomic E-state index is -1.77. The van der Waals surface area contributed by atoms with Crippen molar-refractivity contribution in [2.24, 2.45) is 5.92 Å². The molecule has 0 N–H and O–H groups in total. The summed E-state index contributed by atoms with van der Waals surface area (Å²) in [7, 11) is 0.388. The van der Waals surface area contributed by atoms with Crippen molar-refractivity contribution in [2.45, 2.75) is 12.8 Å². The second kappa shape index (κ2) is 3.93. The Morgan fingerprint density at radius 2 is 1.83 bits per heavy atom. The highest BCUT2D eigenvalue weighted by molar-refractivity contribution is 7.62. The van der Waals surface area contributed by atoms with E-state index in [2.05, 4.69) is 11.9 Å². The fourth-order valence-corrected chi connectivity index (χ4v) is 3.48. The van der Waals surface area contributed by atoms with Gasteiger partial charge in [-0.05, 0) is 52.2 Å². The zero-order valence-electron chi connectivity index (χ0n) is 8.42. The second-order valence-corrected chi connectivity index (χ2v) is 8.02. The summed E-state index contributed by atoms with van der Waals surface area (Å²) in [5.74, 6) is 0.724. The molecule has 1 heterocycles. The monoisotopic (exact) mass is 189 g/mol. The molecule has 0 spiro atoms. The number of likely N-dealkylation sites (tertiary alicyclic amines) is 1. The van der Waals surface area contributed by atoms with Crippen LogP contribution in [-0.2, 0) is 4.57 Å². The number of hydrogen-bond donors (Lipinski definition) is 0. The molecule has 0 bridgehead atoms. The molecule has 2 nitrogen and oxygen atoms in total. The molecule has 0 aromatic heterocycles. The molecule has 72 valence electrons. The van der Waals surface area contributed by atoms with Crippen molar-refractivity contribution in [2.75, 3.05) is 39.6 Å². The Labute approximate surface area is 75.7 Å². The smallest absolute Gasteiger partial charge is 0.0822 e. The molecule has 0 aromatic rings. The zero-order chi connectivity index (χ0) is 9.19. The fourth-order valence-electron chi connectivity index (χ4n) is 1.87. The average Bonchev–Trinajstić information content (AvgIpc) is 1.91. The van der Waals surface area contributed by atoms with Crippen LogP contribution in [0.2, 0.25) is 0 Å². The zero-order valence-corrected chi connectivity index (χ0v) is 9.31. The molecular formula is C9H20NOP. The quantitative estimate of drug-likeness (QED) is 0.619. The molecule has 1 fully saturated rings. The van der Waals surface area contributed by atoms with Crippen molar-refractivity contribution in [3.63, 3.8) is 0 Å². The summed E-state index contributed by atoms with van der Waals surface area (Å²) >= 11 is 0. The molecule has 1 aliphatic heterocycles. The van der Waals surface area contributed by atoms with Gasteiger partial charge in [-0.15, -0.1) is 0 Å². The summed E-state index contributed by atoms with van der Waals surface area (Å²) < 4.78 is 11.6. The van der Waals surface area contributed by atoms with Crippen LogP contribution in [0.3, 0.4) is 0 Å². The molecule has 1 aliphatic rings. The van der Waals surface area contributed by atoms with Gasteiger partial charge in [0.15, 0.2) is 0 Å². The van der Waals surface area contributed by atoms with Gasteiger partial charge in [0.1, 0.15) is 0 Å². The first-order valence-corrected chi connectivity index (χ1v) is 7.48. The predicted molar refractivity (Wildman–Crippen MR) is 54.5 cm³/mol. The minimum absolute atomic E-state index is 0.724. The van der Waals surface area contributed by atoms with Crippen LogP contribution in [0.4, 0.5) is 0 Å². The normalized spacial score (nSPS) is 22.9. The minimum Gasteiger partial charge on any atom is -0.324 e. The van der Waals surface area contributed by atoms with Crippen LogP contribution in [0, 0.1) is 5.92 Å². The third-order valence-corrected chi connectivity index (χ3v) is 3.93. The van der Waals surface area contributed by atoms with Gasteiger partial charge >= 0.3 is 0 Å². The van der Waals surface area contributed by atoms with Gasteiger partial charge < -0.3 is 9.46 Å². The van der Waals surface area contributed by atoms with Gasteiger partial charge in [-0.3, -0.25) is 0 Å². The van der Waals surface area contributed by atoms with Crippen LogP contribution >= 0.6 is 7.14 Å². The van der Waals surface area contributed by atoms with Gasteiger partial charge in [0.2, 0.25) is 0 Å². The van der Waals surface area contributed by atoms with Crippen LogP contribution in [0.5, 0.6) is 0 Å². The Bertz CT molecular complexity index is 179. The van der Waals surface area contributed by atoms with E-state index >= 15 is 0 Å². The predicted octanol–water partition coefficient (Wildman–Crippen LogP) is 1.95. The maximum absolute atomic E-state index is 11.6. The molecule has 0 radical (unpaired) electrons. The molecule has 1 rings (SSSR count). The molecule has 1 saturated heterocycles. The van der Waals surface area contributed by atoms with Crippen molar-refractivity contribution in [3.05, 3.63) is 0 Å². The van der Waals surface area contributed by atoms with E-state index in [1.165, 1.54) is 25.9 Å². The molecule has 0 amide bonds. The van der Waals surface area contributed by atoms with Crippen LogP contribution < -0.4 is 0 Å². The first-order valence-electron chi connectivity index (χ1n) is 4.70. The molecule has 0 atom stereocenters. The molecule has 0 aromatic carbocycles. The number of hydrogen-bond acceptors (Lipinski definition) is 2. The van der Waals surface area contributed by atoms with Gasteiger partial charge in [-0.1, -0.05) is 0 Å². The van der Waals surface area contributed by atoms with Crippen molar-refractivity contribution >= 4 is 7.14 Å². The largest absolute Gasteiger partial charge is 0.324 e. The molecule has 0 saturated carbocycles. The molecule has 0 aliphatic carbocycles. The van der Waals surface area contributed by atoms with Gasteiger partial charge in [0, 0.05) is 6.16 Å². The summed E-state index contributed by atoms with van der Waals surface area (Å²) in [5.41, 5.74) is 0. The second-order valence-electron chi connectivity index (χ2n) is 4.50. The van der Waals surface area contributed by atoms with Gasteiger partial charge in [-0.2, -0.15) is 0 Å². The highest BCUT2D eigenvalue weighted by atomic mass is 31.2. The van der Waals surface area contributed by atoms with E-state index in [4.69, 9.17) is 0 Å². The summed E-state index contributed by atoms with van der Waals surface area (Å²) in [6.07, 6.45) is 3.44. The Balaban J connectivity index is 2.31. The third-order valence-electron chi connectivity index (χ3n) is 2.54. The molecule has 3 heteroatoms. The van der Waals surface area contributed by atoms with E-state index in [0.29, 0.717) is 0 Å². The highest BCUT2D eigenvalue weighted by Crippen LogP contribution is 2.40. The van der Waals surface area contributed by atoms with Gasteiger partial charge in [-0.25, -0.2) is 0 Å². The van der Waals surface area contributed by atoms with E-state index in [-0.39, 0.29) is 0 Å². The van der Waals surface area contributed by atoms with Crippen LogP contribution in [0.1, 0.15) is 12.8 Å². The van der Waals surface area contributed by atoms with Gasteiger partial charge in [0.25, 0.3) is 0 Å². The van der Waals surface area contributed by atoms with E-state index in [1.807, 2.05) is 13.3 Å². The lowest BCUT2D eigenvalue weighted by Crippen LogP contribution is -2.31. The Kier molecular flexibility index (Phi) is 3.37. The highest BCUT2D eigenvalue weighted by Gasteiger charge is 2.21. The lowest BCUT2D eigenvalue weighted by molar-refractivity contribution is 0.231. The topological polar surface area (TPSA) is 20.3 Å². The first kappa shape index (κ1) is 10.3. The van der Waals surface area contributed by atoms with Crippen molar-refractivity contribution < 1.29 is 4.57 Å². The maximum atomic E-state index is 11.6. The summed E-state index contributed by atoms with van der Waals surface area (Å²) in [4.78, 5) is 2.35. The Morgan fingerprint density at radius 1 is 1.33 bits per heavy atom. The SMILES string of the molecule is CN1CCC(CP(C)(C)=O)CC1. The maximum Gasteiger partial charge on any atom is 0.0822 e. The number of nitrogens with zero attached hydrogens (tertiary/aromatic N) is 1. The van der Waals surface area contributed by atoms with E-state index in [1.54, 1.807) is 0 Å². The Morgan fingerprint density at radius 3 is 2.25 bits per heavy atom. The fraction of sp³-hybridized carbons (Fsp3) is 1.00. The third kappa shape index (κ3) is 3.73. The molecular weight excluding hydrogens is 169 g/mol. The first-order chi connectivity index (χ1) is 5.47. The number of piperidine rings is 1. The van der Waals surface area contributed by atoms with E-state index < -0.39 is 7.14 Å². The average molecular weight is 189 g/mol. The van der Waals surface area contributed by atoms with Gasteiger partial charge in [0.05, 0.1) is 7.14 Å². The Hall–Kier alpha value is 0.190. The van der Waals surface area contributed by atoms with Crippen molar-refractivity contribution in [3.8, 4) is 0 Å². The summed E-state index contributed by atoms with van der Waals surface area (Å²) in [5, 5.41) is 0. The van der Waals surface area contributed by atoms with Crippen molar-refractivity contribution in [1.82, 2.24) is 4.90 Å². The molecule has 0 unspecified atom stereocenters. The van der Waals surface area contributed by atoms with Crippen LogP contribution in [0.25, 0.3) is 0 Å². The van der Waals surface area contributed by atoms with Crippen LogP contribution in [0.15, 0.2) is 0 Å². The standard InChI is InChI=1S/C9H20NOP/c1-10-6-4-9(5-7-10)8-12(2,3)11/h9H,4-8H2,1-3H3. The summed E-state index contributed by atoms with van der Waals surface area (Å²) in [6.45, 7) is 6.19.